The number of para-hydroxylation sites is 1. The lowest BCUT2D eigenvalue weighted by molar-refractivity contribution is 0.0965. The fourth-order valence-electron chi connectivity index (χ4n) is 3.75. The number of amides is 2. The normalized spacial score (nSPS) is 11.8. The molecule has 10 nitrogen and oxygen atoms in total. The molecule has 0 bridgehead atoms. The highest BCUT2D eigenvalue weighted by Crippen LogP contribution is 2.15. The van der Waals surface area contributed by atoms with Crippen molar-refractivity contribution in [3.63, 3.8) is 0 Å². The minimum atomic E-state index is -0.239. The van der Waals surface area contributed by atoms with Crippen LogP contribution < -0.4 is 21.3 Å². The maximum Gasteiger partial charge on any atom is 0.255 e. The van der Waals surface area contributed by atoms with Gasteiger partial charge in [-0.05, 0) is 78.0 Å². The molecule has 3 aromatic carbocycles. The number of allylic oxidation sites excluding steroid dienone is 2. The van der Waals surface area contributed by atoms with Gasteiger partial charge in [0.2, 0.25) is 0 Å². The van der Waals surface area contributed by atoms with Crippen LogP contribution in [0.3, 0.4) is 0 Å². The average Bonchev–Trinajstić information content (AvgIpc) is 3.63. The van der Waals surface area contributed by atoms with Crippen LogP contribution in [-0.2, 0) is 0 Å². The van der Waals surface area contributed by atoms with Gasteiger partial charge in [0.15, 0.2) is 0 Å². The first-order chi connectivity index (χ1) is 19.0. The van der Waals surface area contributed by atoms with Crippen LogP contribution >= 0.6 is 0 Å². The Hall–Kier alpha value is -5.64. The third-order valence-corrected chi connectivity index (χ3v) is 5.82. The van der Waals surface area contributed by atoms with Gasteiger partial charge in [-0.2, -0.15) is 0 Å². The highest BCUT2D eigenvalue weighted by molar-refractivity contribution is 6.04. The fourth-order valence-corrected chi connectivity index (χ4v) is 3.75. The van der Waals surface area contributed by atoms with Gasteiger partial charge in [-0.15, -0.1) is 5.10 Å². The summed E-state index contributed by atoms with van der Waals surface area (Å²) in [7, 11) is 0. The Bertz CT molecular complexity index is 1740. The van der Waals surface area contributed by atoms with Gasteiger partial charge in [-0.1, -0.05) is 36.9 Å². The summed E-state index contributed by atoms with van der Waals surface area (Å²) in [5.41, 5.74) is 3.99. The highest BCUT2D eigenvalue weighted by atomic mass is 16.2. The van der Waals surface area contributed by atoms with E-state index in [9.17, 15) is 9.59 Å². The number of hydrogen-bond acceptors (Lipinski definition) is 6. The molecule has 0 fully saturated rings. The number of H-pyrrole nitrogens is 1. The number of imidazole rings is 1. The lowest BCUT2D eigenvalue weighted by Gasteiger charge is -2.06. The van der Waals surface area contributed by atoms with Gasteiger partial charge in [0.05, 0.1) is 16.4 Å². The molecule has 192 valence electrons. The number of hydrogen-bond donors (Lipinski definition) is 3. The van der Waals surface area contributed by atoms with E-state index in [1.807, 2.05) is 42.5 Å². The van der Waals surface area contributed by atoms with E-state index in [1.54, 1.807) is 55.5 Å². The number of benzene rings is 3. The van der Waals surface area contributed by atoms with Crippen molar-refractivity contribution in [2.45, 2.75) is 6.92 Å². The number of anilines is 1. The second-order valence-corrected chi connectivity index (χ2v) is 8.62. The van der Waals surface area contributed by atoms with Crippen LogP contribution in [0, 0.1) is 0 Å². The summed E-state index contributed by atoms with van der Waals surface area (Å²) in [5.74, 6) is 0.196. The standard InChI is InChI=1S/C29H24N8O2/c1-19(31-28(38)23-13-15-25(16-14-23)37-18-30-35-36-37)8-17-26-20(2)32-27(34-26)21-9-11-22(12-10-21)29(39)33-24-6-4-3-5-7-24/h3-18H,2H2,1H3,(H,31,38)(H,32,34)(H,33,39)/b19-8+,26-17+. The lowest BCUT2D eigenvalue weighted by atomic mass is 10.1. The number of aromatic amines is 1. The fraction of sp³-hybridized carbons (Fsp3) is 0.0345. The van der Waals surface area contributed by atoms with E-state index in [2.05, 4.69) is 42.7 Å². The number of carbonyl (C=O) groups is 2. The molecule has 0 spiro atoms. The van der Waals surface area contributed by atoms with Crippen molar-refractivity contribution in [2.24, 2.45) is 0 Å². The van der Waals surface area contributed by atoms with Crippen molar-refractivity contribution in [3.8, 4) is 17.1 Å². The Morgan fingerprint density at radius 1 is 0.923 bits per heavy atom. The van der Waals surface area contributed by atoms with Crippen molar-refractivity contribution in [2.75, 3.05) is 5.32 Å². The largest absolute Gasteiger partial charge is 0.338 e. The Morgan fingerprint density at radius 2 is 1.62 bits per heavy atom. The van der Waals surface area contributed by atoms with Crippen LogP contribution in [0.5, 0.6) is 0 Å². The Kier molecular flexibility index (Phi) is 7.17. The average molecular weight is 517 g/mol. The van der Waals surface area contributed by atoms with E-state index in [0.29, 0.717) is 33.3 Å². The van der Waals surface area contributed by atoms with Gasteiger partial charge in [0.25, 0.3) is 11.8 Å². The van der Waals surface area contributed by atoms with Crippen molar-refractivity contribution < 1.29 is 9.59 Å². The lowest BCUT2D eigenvalue weighted by Crippen LogP contribution is -2.23. The molecule has 2 heterocycles. The molecule has 5 rings (SSSR count). The maximum absolute atomic E-state index is 12.6. The summed E-state index contributed by atoms with van der Waals surface area (Å²) in [6.45, 7) is 5.80. The van der Waals surface area contributed by atoms with Crippen LogP contribution in [0.1, 0.15) is 27.6 Å². The highest BCUT2D eigenvalue weighted by Gasteiger charge is 2.09. The summed E-state index contributed by atoms with van der Waals surface area (Å²) < 4.78 is 1.51. The molecular formula is C29H24N8O2. The molecular weight excluding hydrogens is 492 g/mol. The minimum absolute atomic E-state index is 0.190. The maximum atomic E-state index is 12.6. The Balaban J connectivity index is 1.24. The van der Waals surface area contributed by atoms with Crippen LogP contribution in [-0.4, -0.2) is 42.0 Å². The molecule has 3 N–H and O–H groups in total. The molecule has 0 aliphatic heterocycles. The van der Waals surface area contributed by atoms with Crippen LogP contribution in [0.2, 0.25) is 0 Å². The van der Waals surface area contributed by atoms with Gasteiger partial charge < -0.3 is 15.6 Å². The third-order valence-electron chi connectivity index (χ3n) is 5.82. The predicted octanol–water partition coefficient (Wildman–Crippen LogP) is 2.83. The minimum Gasteiger partial charge on any atom is -0.338 e. The van der Waals surface area contributed by atoms with E-state index < -0.39 is 0 Å². The Labute approximate surface area is 223 Å². The zero-order valence-corrected chi connectivity index (χ0v) is 21.0. The van der Waals surface area contributed by atoms with Crippen LogP contribution in [0.25, 0.3) is 29.7 Å². The predicted molar refractivity (Wildman–Crippen MR) is 148 cm³/mol. The van der Waals surface area contributed by atoms with E-state index in [-0.39, 0.29) is 11.8 Å². The van der Waals surface area contributed by atoms with E-state index in [1.165, 1.54) is 11.0 Å². The number of nitrogens with zero attached hydrogens (tertiary/aromatic N) is 5. The number of nitrogens with one attached hydrogen (secondary N) is 3. The Morgan fingerprint density at radius 3 is 2.31 bits per heavy atom. The smallest absolute Gasteiger partial charge is 0.255 e. The summed E-state index contributed by atoms with van der Waals surface area (Å²) >= 11 is 0. The quantitative estimate of drug-likeness (QED) is 0.305. The summed E-state index contributed by atoms with van der Waals surface area (Å²) in [5, 5.41) is 18.0. The molecule has 0 saturated carbocycles. The zero-order valence-electron chi connectivity index (χ0n) is 21.0. The monoisotopic (exact) mass is 516 g/mol. The molecule has 5 aromatic rings. The molecule has 0 aliphatic carbocycles. The molecule has 10 heteroatoms. The molecule has 0 aliphatic rings. The molecule has 0 radical (unpaired) electrons. The number of rotatable bonds is 7. The van der Waals surface area contributed by atoms with Crippen LogP contribution in [0.15, 0.2) is 97.0 Å². The van der Waals surface area contributed by atoms with Gasteiger partial charge >= 0.3 is 0 Å². The number of carbonyl (C=O) groups excluding carboxylic acids is 2. The third kappa shape index (κ3) is 6.03. The summed E-state index contributed by atoms with van der Waals surface area (Å²) in [6, 6.07) is 23.4. The summed E-state index contributed by atoms with van der Waals surface area (Å²) in [4.78, 5) is 32.9. The topological polar surface area (TPSA) is 130 Å². The second-order valence-electron chi connectivity index (χ2n) is 8.62. The van der Waals surface area contributed by atoms with Gasteiger partial charge in [0, 0.05) is 28.1 Å². The van der Waals surface area contributed by atoms with Crippen LogP contribution in [0.4, 0.5) is 5.69 Å². The first kappa shape index (κ1) is 25.0. The van der Waals surface area contributed by atoms with E-state index in [4.69, 9.17) is 0 Å². The molecule has 2 aromatic heterocycles. The number of aromatic nitrogens is 6. The second kappa shape index (κ2) is 11.2. The summed E-state index contributed by atoms with van der Waals surface area (Å²) in [6.07, 6.45) is 5.06. The molecule has 39 heavy (non-hydrogen) atoms. The molecule has 2 amide bonds. The zero-order chi connectivity index (χ0) is 27.2. The van der Waals surface area contributed by atoms with Crippen molar-refractivity contribution in [1.82, 2.24) is 35.5 Å². The number of tetrazole rings is 1. The first-order valence-electron chi connectivity index (χ1n) is 12.0. The van der Waals surface area contributed by atoms with Gasteiger partial charge in [-0.3, -0.25) is 9.59 Å². The van der Waals surface area contributed by atoms with Gasteiger partial charge in [0.1, 0.15) is 12.2 Å². The first-order valence-corrected chi connectivity index (χ1v) is 12.0. The SMILES string of the molecule is C=c1nc(-c2ccc(C(=O)Nc3ccccc3)cc2)[nH]/c1=C/C=C(\C)NC(=O)c1ccc(-n2cnnn2)cc1. The van der Waals surface area contributed by atoms with E-state index in [0.717, 1.165) is 16.9 Å². The van der Waals surface area contributed by atoms with Crippen molar-refractivity contribution >= 4 is 30.2 Å². The van der Waals surface area contributed by atoms with E-state index >= 15 is 0 Å². The molecule has 0 unspecified atom stereocenters. The van der Waals surface area contributed by atoms with Crippen molar-refractivity contribution in [1.29, 1.82) is 0 Å². The molecule has 0 saturated heterocycles. The van der Waals surface area contributed by atoms with Gasteiger partial charge in [-0.25, -0.2) is 9.67 Å². The molecule has 0 atom stereocenters. The van der Waals surface area contributed by atoms with Crippen molar-refractivity contribution in [3.05, 3.63) is 119 Å².